The van der Waals surface area contributed by atoms with Crippen molar-refractivity contribution < 1.29 is 14.3 Å². The van der Waals surface area contributed by atoms with E-state index in [0.717, 1.165) is 25.8 Å². The number of allylic oxidation sites excluding steroid dienone is 1. The molecule has 0 bridgehead atoms. The van der Waals surface area contributed by atoms with Gasteiger partial charge in [-0.2, -0.15) is 0 Å². The number of likely N-dealkylation sites (N-methyl/N-ethyl adjacent to an activating group) is 1. The molecule has 5 heteroatoms. The van der Waals surface area contributed by atoms with Crippen molar-refractivity contribution in [3.8, 4) is 0 Å². The molecule has 2 rings (SSSR count). The van der Waals surface area contributed by atoms with Crippen molar-refractivity contribution in [3.63, 3.8) is 0 Å². The monoisotopic (exact) mass is 402 g/mol. The molecular formula is C24H38N2O3. The Labute approximate surface area is 176 Å². The molecule has 5 nitrogen and oxygen atoms in total. The number of methoxy groups -OCH3 is 1. The number of hydrogen-bond acceptors (Lipinski definition) is 4. The number of hydrogen-bond donors (Lipinski definition) is 1. The lowest BCUT2D eigenvalue weighted by molar-refractivity contribution is 0.0118. The highest BCUT2D eigenvalue weighted by molar-refractivity contribution is 5.66. The quantitative estimate of drug-likeness (QED) is 0.311. The second-order valence-electron chi connectivity index (χ2n) is 8.46. The SMILES string of the molecule is C=CCCCC1(C)C(C)=C=CC(CN(C)C2CCC2)=CC1OCCNC(=O)OC. The summed E-state index contributed by atoms with van der Waals surface area (Å²) in [5, 5.41) is 2.69. The molecule has 0 spiro atoms. The van der Waals surface area contributed by atoms with Crippen LogP contribution in [0.1, 0.15) is 52.4 Å². The third-order valence-electron chi connectivity index (χ3n) is 6.41. The summed E-state index contributed by atoms with van der Waals surface area (Å²) in [4.78, 5) is 13.8. The van der Waals surface area contributed by atoms with Gasteiger partial charge < -0.3 is 14.8 Å². The van der Waals surface area contributed by atoms with Crippen LogP contribution in [0.4, 0.5) is 4.79 Å². The van der Waals surface area contributed by atoms with Crippen molar-refractivity contribution in [1.82, 2.24) is 10.2 Å². The molecule has 2 unspecified atom stereocenters. The Hall–Kier alpha value is -1.81. The number of unbranched alkanes of at least 4 members (excludes halogenated alkanes) is 1. The number of carbonyl (C=O) groups is 1. The summed E-state index contributed by atoms with van der Waals surface area (Å²) < 4.78 is 10.9. The molecule has 1 N–H and O–H groups in total. The van der Waals surface area contributed by atoms with Crippen molar-refractivity contribution in [2.45, 2.75) is 64.5 Å². The highest BCUT2D eigenvalue weighted by Crippen LogP contribution is 2.40. The molecule has 162 valence electrons. The molecule has 2 aliphatic rings. The molecule has 0 radical (unpaired) electrons. The number of nitrogens with one attached hydrogen (secondary N) is 1. The van der Waals surface area contributed by atoms with Crippen LogP contribution in [0, 0.1) is 5.41 Å². The number of rotatable bonds is 11. The lowest BCUT2D eigenvalue weighted by Crippen LogP contribution is -2.39. The fourth-order valence-electron chi connectivity index (χ4n) is 3.94. The van der Waals surface area contributed by atoms with E-state index >= 15 is 0 Å². The first kappa shape index (κ1) is 23.5. The van der Waals surface area contributed by atoms with Crippen molar-refractivity contribution >= 4 is 6.09 Å². The number of ether oxygens (including phenoxy) is 2. The van der Waals surface area contributed by atoms with E-state index in [1.807, 2.05) is 6.08 Å². The number of alkyl carbamates (subject to hydrolysis) is 1. The van der Waals surface area contributed by atoms with Crippen LogP contribution in [0.15, 0.2) is 41.7 Å². The molecule has 1 saturated carbocycles. The summed E-state index contributed by atoms with van der Waals surface area (Å²) in [6, 6.07) is 0.695. The van der Waals surface area contributed by atoms with Crippen molar-refractivity contribution in [3.05, 3.63) is 41.7 Å². The van der Waals surface area contributed by atoms with E-state index in [-0.39, 0.29) is 11.5 Å². The molecule has 0 aromatic heterocycles. The van der Waals surface area contributed by atoms with E-state index in [2.05, 4.69) is 60.3 Å². The summed E-state index contributed by atoms with van der Waals surface area (Å²) >= 11 is 0. The minimum absolute atomic E-state index is 0.0668. The van der Waals surface area contributed by atoms with E-state index in [0.29, 0.717) is 19.2 Å². The fraction of sp³-hybridized carbons (Fsp3) is 0.667. The Balaban J connectivity index is 2.13. The van der Waals surface area contributed by atoms with Crippen molar-refractivity contribution in [1.29, 1.82) is 0 Å². The van der Waals surface area contributed by atoms with Crippen LogP contribution in [0.25, 0.3) is 0 Å². The smallest absolute Gasteiger partial charge is 0.406 e. The van der Waals surface area contributed by atoms with Crippen molar-refractivity contribution in [2.24, 2.45) is 5.41 Å². The molecule has 0 aromatic carbocycles. The van der Waals surface area contributed by atoms with Crippen LogP contribution in [-0.4, -0.2) is 57.0 Å². The lowest BCUT2D eigenvalue weighted by Gasteiger charge is -2.37. The fourth-order valence-corrected chi connectivity index (χ4v) is 3.94. The first-order chi connectivity index (χ1) is 13.9. The van der Waals surface area contributed by atoms with Gasteiger partial charge in [-0.1, -0.05) is 19.4 Å². The van der Waals surface area contributed by atoms with E-state index in [1.165, 1.54) is 37.5 Å². The standard InChI is InChI=1S/C24H38N2O3/c1-6-7-8-14-24(3)19(2)12-13-20(18-26(4)21-10-9-11-21)17-22(24)29-16-15-25-23(27)28-5/h6,13,17,21-22H,1,7-11,14-16,18H2,2-5H3,(H,25,27). The zero-order valence-electron chi connectivity index (χ0n) is 18.6. The largest absolute Gasteiger partial charge is 0.453 e. The number of nitrogens with zero attached hydrogens (tertiary/aromatic N) is 1. The molecular weight excluding hydrogens is 364 g/mol. The van der Waals surface area contributed by atoms with Crippen LogP contribution in [0.3, 0.4) is 0 Å². The minimum atomic E-state index is -0.431. The Morgan fingerprint density at radius 3 is 2.86 bits per heavy atom. The summed E-state index contributed by atoms with van der Waals surface area (Å²) in [7, 11) is 3.57. The van der Waals surface area contributed by atoms with Crippen LogP contribution in [0.5, 0.6) is 0 Å². The van der Waals surface area contributed by atoms with Crippen LogP contribution in [0.2, 0.25) is 0 Å². The summed E-state index contributed by atoms with van der Waals surface area (Å²) in [6.45, 7) is 10.0. The maximum absolute atomic E-state index is 11.3. The Kier molecular flexibility index (Phi) is 9.22. The van der Waals surface area contributed by atoms with E-state index in [4.69, 9.17) is 4.74 Å². The van der Waals surface area contributed by atoms with Gasteiger partial charge in [0.2, 0.25) is 0 Å². The lowest BCUT2D eigenvalue weighted by atomic mass is 9.74. The molecule has 0 aromatic rings. The predicted molar refractivity (Wildman–Crippen MR) is 118 cm³/mol. The normalized spacial score (nSPS) is 24.4. The highest BCUT2D eigenvalue weighted by Gasteiger charge is 2.36. The van der Waals surface area contributed by atoms with Gasteiger partial charge in [0.25, 0.3) is 0 Å². The average molecular weight is 403 g/mol. The van der Waals surface area contributed by atoms with Gasteiger partial charge >= 0.3 is 6.09 Å². The van der Waals surface area contributed by atoms with Gasteiger partial charge in [-0.25, -0.2) is 4.79 Å². The van der Waals surface area contributed by atoms with Gasteiger partial charge in [0, 0.05) is 24.5 Å². The topological polar surface area (TPSA) is 50.8 Å². The number of amides is 1. The molecule has 1 amide bonds. The van der Waals surface area contributed by atoms with Gasteiger partial charge in [0.15, 0.2) is 0 Å². The Morgan fingerprint density at radius 2 is 2.24 bits per heavy atom. The maximum atomic E-state index is 11.3. The van der Waals surface area contributed by atoms with Gasteiger partial charge in [0.1, 0.15) is 0 Å². The van der Waals surface area contributed by atoms with E-state index in [1.54, 1.807) is 0 Å². The van der Waals surface area contributed by atoms with Crippen LogP contribution < -0.4 is 5.32 Å². The second kappa shape index (κ2) is 11.4. The van der Waals surface area contributed by atoms with Crippen LogP contribution in [-0.2, 0) is 9.47 Å². The summed E-state index contributed by atoms with van der Waals surface area (Å²) in [5.74, 6) is 0. The molecule has 0 aliphatic heterocycles. The van der Waals surface area contributed by atoms with E-state index < -0.39 is 6.09 Å². The zero-order chi connectivity index (χ0) is 21.3. The number of carbonyl (C=O) groups excluding carboxylic acids is 1. The van der Waals surface area contributed by atoms with Crippen molar-refractivity contribution in [2.75, 3.05) is 33.9 Å². The Bertz CT molecular complexity index is 659. The zero-order valence-corrected chi connectivity index (χ0v) is 18.6. The molecule has 1 fully saturated rings. The molecule has 2 aliphatic carbocycles. The van der Waals surface area contributed by atoms with Crippen LogP contribution >= 0.6 is 0 Å². The first-order valence-electron chi connectivity index (χ1n) is 10.8. The molecule has 0 heterocycles. The average Bonchev–Trinajstić information content (AvgIpc) is 2.76. The predicted octanol–water partition coefficient (Wildman–Crippen LogP) is 4.62. The highest BCUT2D eigenvalue weighted by atomic mass is 16.5. The van der Waals surface area contributed by atoms with Gasteiger partial charge in [-0.3, -0.25) is 4.90 Å². The molecule has 2 atom stereocenters. The summed E-state index contributed by atoms with van der Waals surface area (Å²) in [5.41, 5.74) is 5.86. The third-order valence-corrected chi connectivity index (χ3v) is 6.41. The second-order valence-corrected chi connectivity index (χ2v) is 8.46. The molecule has 29 heavy (non-hydrogen) atoms. The first-order valence-corrected chi connectivity index (χ1v) is 10.8. The van der Waals surface area contributed by atoms with Gasteiger partial charge in [-0.05, 0) is 69.4 Å². The van der Waals surface area contributed by atoms with Gasteiger partial charge in [0.05, 0.1) is 19.8 Å². The third kappa shape index (κ3) is 6.60. The van der Waals surface area contributed by atoms with Gasteiger partial charge in [-0.15, -0.1) is 12.3 Å². The summed E-state index contributed by atoms with van der Waals surface area (Å²) in [6.07, 6.45) is 12.8. The molecule has 0 saturated heterocycles. The Morgan fingerprint density at radius 1 is 1.48 bits per heavy atom. The maximum Gasteiger partial charge on any atom is 0.406 e. The van der Waals surface area contributed by atoms with E-state index in [9.17, 15) is 4.79 Å². The minimum Gasteiger partial charge on any atom is -0.453 e.